The molecule has 0 amide bonds. The Labute approximate surface area is 115 Å². The summed E-state index contributed by atoms with van der Waals surface area (Å²) in [5.41, 5.74) is 2.25. The number of aromatic nitrogens is 1. The molecule has 0 radical (unpaired) electrons. The van der Waals surface area contributed by atoms with Crippen LogP contribution in [0, 0.1) is 6.92 Å². The normalized spacial score (nSPS) is 10.6. The molecule has 94 valence electrons. The molecule has 3 heteroatoms. The van der Waals surface area contributed by atoms with Crippen molar-refractivity contribution >= 4 is 11.3 Å². The van der Waals surface area contributed by atoms with Gasteiger partial charge >= 0.3 is 0 Å². The summed E-state index contributed by atoms with van der Waals surface area (Å²) in [5.74, 6) is 0. The second-order valence-electron chi connectivity index (χ2n) is 4.35. The summed E-state index contributed by atoms with van der Waals surface area (Å²) in [7, 11) is 0. The fourth-order valence-corrected chi connectivity index (χ4v) is 3.12. The molecule has 2 heterocycles. The summed E-state index contributed by atoms with van der Waals surface area (Å²) >= 11 is 1.64. The number of rotatable bonds is 2. The Morgan fingerprint density at radius 3 is 2.47 bits per heavy atom. The molecule has 0 spiro atoms. The molecule has 3 aromatic rings. The minimum Gasteiger partial charge on any atom is -0.275 e. The Kier molecular flexibility index (Phi) is 3.05. The molecule has 0 bridgehead atoms. The van der Waals surface area contributed by atoms with Crippen LogP contribution in [0.4, 0.5) is 0 Å². The van der Waals surface area contributed by atoms with Crippen molar-refractivity contribution in [3.05, 3.63) is 76.0 Å². The molecule has 0 atom stereocenters. The molecule has 0 aliphatic carbocycles. The summed E-state index contributed by atoms with van der Waals surface area (Å²) < 4.78 is 1.71. The fourth-order valence-electron chi connectivity index (χ4n) is 2.10. The Hall–Kier alpha value is -2.13. The predicted molar refractivity (Wildman–Crippen MR) is 80.1 cm³/mol. The summed E-state index contributed by atoms with van der Waals surface area (Å²) in [5, 5.41) is 0.981. The topological polar surface area (TPSA) is 22.0 Å². The lowest BCUT2D eigenvalue weighted by atomic mass is 10.1. The molecular weight excluding hydrogens is 254 g/mol. The zero-order valence-corrected chi connectivity index (χ0v) is 11.4. The molecule has 0 saturated carbocycles. The molecule has 0 unspecified atom stereocenters. The SMILES string of the molecule is Cc1cc(-c2ccccc2)c(-n2ccccc2=O)s1. The van der Waals surface area contributed by atoms with Crippen molar-refractivity contribution in [3.8, 4) is 16.1 Å². The van der Waals surface area contributed by atoms with Crippen molar-refractivity contribution in [2.24, 2.45) is 0 Å². The van der Waals surface area contributed by atoms with Crippen LogP contribution in [0.15, 0.2) is 65.6 Å². The largest absolute Gasteiger partial charge is 0.275 e. The van der Waals surface area contributed by atoms with Crippen LogP contribution in [-0.4, -0.2) is 4.57 Å². The average molecular weight is 267 g/mol. The van der Waals surface area contributed by atoms with Crippen LogP contribution < -0.4 is 5.56 Å². The highest BCUT2D eigenvalue weighted by Crippen LogP contribution is 2.33. The predicted octanol–water partition coefficient (Wildman–Crippen LogP) is 3.87. The van der Waals surface area contributed by atoms with Gasteiger partial charge in [-0.1, -0.05) is 36.4 Å². The maximum Gasteiger partial charge on any atom is 0.255 e. The number of hydrogen-bond donors (Lipinski definition) is 0. The third-order valence-corrected chi connectivity index (χ3v) is 4.01. The first-order valence-corrected chi connectivity index (χ1v) is 6.91. The maximum atomic E-state index is 12.0. The zero-order chi connectivity index (χ0) is 13.2. The highest BCUT2D eigenvalue weighted by Gasteiger charge is 2.11. The Bertz CT molecular complexity index is 756. The molecule has 0 fully saturated rings. The Morgan fingerprint density at radius 1 is 1.00 bits per heavy atom. The van der Waals surface area contributed by atoms with E-state index in [4.69, 9.17) is 0 Å². The van der Waals surface area contributed by atoms with Crippen LogP contribution in [0.3, 0.4) is 0 Å². The van der Waals surface area contributed by atoms with Crippen molar-refractivity contribution in [1.29, 1.82) is 0 Å². The molecule has 0 aliphatic rings. The molecule has 0 aliphatic heterocycles. The van der Waals surface area contributed by atoms with Gasteiger partial charge in [0.25, 0.3) is 5.56 Å². The van der Waals surface area contributed by atoms with E-state index < -0.39 is 0 Å². The molecule has 3 rings (SSSR count). The summed E-state index contributed by atoms with van der Waals surface area (Å²) in [6, 6.07) is 17.5. The number of benzene rings is 1. The van der Waals surface area contributed by atoms with Gasteiger partial charge in [-0.2, -0.15) is 0 Å². The van der Waals surface area contributed by atoms with Crippen molar-refractivity contribution < 1.29 is 0 Å². The minimum atomic E-state index is 0.00142. The standard InChI is InChI=1S/C16H13NOS/c1-12-11-14(13-7-3-2-4-8-13)16(19-12)17-10-6-5-9-15(17)18/h2-11H,1H3. The molecule has 2 nitrogen and oxygen atoms in total. The molecule has 0 saturated heterocycles. The van der Waals surface area contributed by atoms with Gasteiger partial charge in [-0.15, -0.1) is 11.3 Å². The number of nitrogens with zero attached hydrogens (tertiary/aromatic N) is 1. The van der Waals surface area contributed by atoms with Gasteiger partial charge in [-0.25, -0.2) is 0 Å². The van der Waals surface area contributed by atoms with E-state index >= 15 is 0 Å². The summed E-state index contributed by atoms with van der Waals surface area (Å²) in [6.45, 7) is 2.06. The lowest BCUT2D eigenvalue weighted by Gasteiger charge is -2.06. The van der Waals surface area contributed by atoms with E-state index in [0.29, 0.717) is 0 Å². The molecule has 19 heavy (non-hydrogen) atoms. The minimum absolute atomic E-state index is 0.00142. The third kappa shape index (κ3) is 2.25. The van der Waals surface area contributed by atoms with E-state index in [-0.39, 0.29) is 5.56 Å². The summed E-state index contributed by atoms with van der Waals surface area (Å²) in [6.07, 6.45) is 1.82. The van der Waals surface area contributed by atoms with Crippen LogP contribution in [0.2, 0.25) is 0 Å². The van der Waals surface area contributed by atoms with Gasteiger partial charge in [0, 0.05) is 22.7 Å². The first-order valence-electron chi connectivity index (χ1n) is 6.09. The molecule has 0 N–H and O–H groups in total. The third-order valence-electron chi connectivity index (χ3n) is 2.96. The Balaban J connectivity index is 2.24. The van der Waals surface area contributed by atoms with Crippen LogP contribution in [0.1, 0.15) is 4.88 Å². The average Bonchev–Trinajstić information content (AvgIpc) is 2.82. The second-order valence-corrected chi connectivity index (χ2v) is 5.59. The van der Waals surface area contributed by atoms with E-state index in [1.165, 1.54) is 4.88 Å². The fraction of sp³-hybridized carbons (Fsp3) is 0.0625. The van der Waals surface area contributed by atoms with Gasteiger partial charge in [0.15, 0.2) is 0 Å². The second kappa shape index (κ2) is 4.86. The maximum absolute atomic E-state index is 12.0. The monoisotopic (exact) mass is 267 g/mol. The van der Waals surface area contributed by atoms with Crippen LogP contribution in [0.25, 0.3) is 16.1 Å². The van der Waals surface area contributed by atoms with Crippen LogP contribution in [-0.2, 0) is 0 Å². The van der Waals surface area contributed by atoms with E-state index in [9.17, 15) is 4.79 Å². The first-order chi connectivity index (χ1) is 9.25. The van der Waals surface area contributed by atoms with Crippen molar-refractivity contribution in [1.82, 2.24) is 4.57 Å². The van der Waals surface area contributed by atoms with E-state index in [2.05, 4.69) is 25.1 Å². The van der Waals surface area contributed by atoms with E-state index in [0.717, 1.165) is 16.1 Å². The molecular formula is C16H13NOS. The highest BCUT2D eigenvalue weighted by atomic mass is 32.1. The van der Waals surface area contributed by atoms with Gasteiger partial charge in [0.2, 0.25) is 0 Å². The molecule has 2 aromatic heterocycles. The zero-order valence-electron chi connectivity index (χ0n) is 10.5. The quantitative estimate of drug-likeness (QED) is 0.690. The van der Waals surface area contributed by atoms with Gasteiger partial charge in [-0.05, 0) is 24.6 Å². The smallest absolute Gasteiger partial charge is 0.255 e. The highest BCUT2D eigenvalue weighted by molar-refractivity contribution is 7.15. The number of aryl methyl sites for hydroxylation is 1. The van der Waals surface area contributed by atoms with Gasteiger partial charge < -0.3 is 0 Å². The lowest BCUT2D eigenvalue weighted by molar-refractivity contribution is 1.02. The number of pyridine rings is 1. The van der Waals surface area contributed by atoms with Gasteiger partial charge in [0.05, 0.1) is 0 Å². The first kappa shape index (κ1) is 11.9. The summed E-state index contributed by atoms with van der Waals surface area (Å²) in [4.78, 5) is 13.2. The van der Waals surface area contributed by atoms with Gasteiger partial charge in [-0.3, -0.25) is 9.36 Å². The van der Waals surface area contributed by atoms with Crippen LogP contribution in [0.5, 0.6) is 0 Å². The van der Waals surface area contributed by atoms with E-state index in [1.807, 2.05) is 30.5 Å². The van der Waals surface area contributed by atoms with Gasteiger partial charge in [0.1, 0.15) is 5.00 Å². The lowest BCUT2D eigenvalue weighted by Crippen LogP contribution is -2.14. The molecule has 1 aromatic carbocycles. The van der Waals surface area contributed by atoms with Crippen molar-refractivity contribution in [2.75, 3.05) is 0 Å². The van der Waals surface area contributed by atoms with Crippen molar-refractivity contribution in [3.63, 3.8) is 0 Å². The number of hydrogen-bond acceptors (Lipinski definition) is 2. The Morgan fingerprint density at radius 2 is 1.74 bits per heavy atom. The van der Waals surface area contributed by atoms with E-state index in [1.54, 1.807) is 28.0 Å². The number of thiophene rings is 1. The van der Waals surface area contributed by atoms with Crippen LogP contribution >= 0.6 is 11.3 Å². The van der Waals surface area contributed by atoms with Crippen molar-refractivity contribution in [2.45, 2.75) is 6.92 Å².